The quantitative estimate of drug-likeness (QED) is 0.824. The molecular weight excluding hydrogens is 244 g/mol. The van der Waals surface area contributed by atoms with E-state index in [4.69, 9.17) is 0 Å². The van der Waals surface area contributed by atoms with Crippen LogP contribution in [0.4, 0.5) is 0 Å². The number of nitrogens with one attached hydrogen (secondary N) is 1. The van der Waals surface area contributed by atoms with Crippen molar-refractivity contribution >= 4 is 17.2 Å². The van der Waals surface area contributed by atoms with Gasteiger partial charge in [0.2, 0.25) is 5.91 Å². The average molecular weight is 268 g/mol. The smallest absolute Gasteiger partial charge is 0.224 e. The lowest BCUT2D eigenvalue weighted by molar-refractivity contribution is -0.134. The first-order valence-electron chi connectivity index (χ1n) is 6.59. The fourth-order valence-electron chi connectivity index (χ4n) is 1.93. The van der Waals surface area contributed by atoms with E-state index in [1.165, 1.54) is 4.88 Å². The Hall–Kier alpha value is -0.870. The number of hydrogen-bond donors (Lipinski definition) is 1. The molecule has 4 heteroatoms. The van der Waals surface area contributed by atoms with Gasteiger partial charge in [-0.1, -0.05) is 13.0 Å². The molecule has 0 aliphatic heterocycles. The molecule has 1 N–H and O–H groups in total. The molecule has 0 aromatic carbocycles. The van der Waals surface area contributed by atoms with Gasteiger partial charge in [0.25, 0.3) is 0 Å². The summed E-state index contributed by atoms with van der Waals surface area (Å²) in [7, 11) is 0. The van der Waals surface area contributed by atoms with Gasteiger partial charge in [-0.2, -0.15) is 0 Å². The standard InChI is InChI=1S/C14H24N2OS/c1-5-15-12(4)9-14(17)16(11(2)3)10-13-7-6-8-18-13/h6-8,11-12,15H,5,9-10H2,1-4H3. The molecule has 1 rings (SSSR count). The number of carbonyl (C=O) groups is 1. The number of hydrogen-bond acceptors (Lipinski definition) is 3. The number of thiophene rings is 1. The minimum absolute atomic E-state index is 0.229. The lowest BCUT2D eigenvalue weighted by atomic mass is 10.2. The molecule has 1 atom stereocenters. The molecule has 0 fully saturated rings. The van der Waals surface area contributed by atoms with Gasteiger partial charge in [-0.3, -0.25) is 4.79 Å². The Balaban J connectivity index is 2.58. The van der Waals surface area contributed by atoms with E-state index in [1.54, 1.807) is 11.3 Å². The molecule has 0 spiro atoms. The van der Waals surface area contributed by atoms with Crippen LogP contribution in [-0.4, -0.2) is 29.4 Å². The van der Waals surface area contributed by atoms with Crippen LogP contribution in [0, 0.1) is 0 Å². The number of nitrogens with zero attached hydrogens (tertiary/aromatic N) is 1. The van der Waals surface area contributed by atoms with Gasteiger partial charge in [-0.15, -0.1) is 11.3 Å². The molecule has 1 heterocycles. The number of rotatable bonds is 7. The van der Waals surface area contributed by atoms with Gasteiger partial charge in [-0.05, 0) is 38.8 Å². The molecule has 1 aromatic heterocycles. The van der Waals surface area contributed by atoms with Crippen molar-refractivity contribution in [2.75, 3.05) is 6.54 Å². The lowest BCUT2D eigenvalue weighted by Gasteiger charge is -2.27. The summed E-state index contributed by atoms with van der Waals surface area (Å²) in [5.74, 6) is 0.229. The first kappa shape index (κ1) is 15.2. The molecule has 102 valence electrons. The van der Waals surface area contributed by atoms with E-state index in [-0.39, 0.29) is 18.0 Å². The predicted molar refractivity (Wildman–Crippen MR) is 77.8 cm³/mol. The zero-order valence-electron chi connectivity index (χ0n) is 11.8. The Bertz CT molecular complexity index is 349. The summed E-state index contributed by atoms with van der Waals surface area (Å²) in [5.41, 5.74) is 0. The SMILES string of the molecule is CCNC(C)CC(=O)N(Cc1cccs1)C(C)C. The van der Waals surface area contributed by atoms with Crippen LogP contribution in [0.2, 0.25) is 0 Å². The van der Waals surface area contributed by atoms with E-state index in [1.807, 2.05) is 11.0 Å². The third kappa shape index (κ3) is 4.78. The summed E-state index contributed by atoms with van der Waals surface area (Å²) >= 11 is 1.71. The summed E-state index contributed by atoms with van der Waals surface area (Å²) in [6.07, 6.45) is 0.567. The molecule has 0 radical (unpaired) electrons. The fourth-order valence-corrected chi connectivity index (χ4v) is 2.63. The molecule has 1 unspecified atom stereocenters. The van der Waals surface area contributed by atoms with Crippen LogP contribution in [-0.2, 0) is 11.3 Å². The molecule has 0 aliphatic carbocycles. The van der Waals surface area contributed by atoms with Crippen molar-refractivity contribution in [3.05, 3.63) is 22.4 Å². The van der Waals surface area contributed by atoms with Gasteiger partial charge >= 0.3 is 0 Å². The molecule has 0 saturated heterocycles. The monoisotopic (exact) mass is 268 g/mol. The first-order chi connectivity index (χ1) is 8.54. The highest BCUT2D eigenvalue weighted by Gasteiger charge is 2.19. The maximum Gasteiger partial charge on any atom is 0.224 e. The van der Waals surface area contributed by atoms with Gasteiger partial charge in [-0.25, -0.2) is 0 Å². The first-order valence-corrected chi connectivity index (χ1v) is 7.47. The van der Waals surface area contributed by atoms with E-state index in [0.717, 1.165) is 13.1 Å². The summed E-state index contributed by atoms with van der Waals surface area (Å²) in [6, 6.07) is 4.60. The largest absolute Gasteiger partial charge is 0.335 e. The Morgan fingerprint density at radius 1 is 1.44 bits per heavy atom. The molecule has 1 amide bonds. The third-order valence-corrected chi connectivity index (χ3v) is 3.74. The van der Waals surface area contributed by atoms with Crippen molar-refractivity contribution in [2.24, 2.45) is 0 Å². The van der Waals surface area contributed by atoms with Crippen molar-refractivity contribution in [2.45, 2.75) is 52.7 Å². The third-order valence-electron chi connectivity index (χ3n) is 2.88. The van der Waals surface area contributed by atoms with Crippen molar-refractivity contribution in [1.29, 1.82) is 0 Å². The highest BCUT2D eigenvalue weighted by molar-refractivity contribution is 7.09. The molecule has 0 saturated carbocycles. The van der Waals surface area contributed by atoms with Crippen molar-refractivity contribution in [3.8, 4) is 0 Å². The highest BCUT2D eigenvalue weighted by Crippen LogP contribution is 2.15. The maximum atomic E-state index is 12.3. The lowest BCUT2D eigenvalue weighted by Crippen LogP contribution is -2.40. The zero-order valence-corrected chi connectivity index (χ0v) is 12.6. The highest BCUT2D eigenvalue weighted by atomic mass is 32.1. The van der Waals surface area contributed by atoms with Gasteiger partial charge in [0, 0.05) is 23.4 Å². The van der Waals surface area contributed by atoms with Gasteiger partial charge in [0.05, 0.1) is 6.54 Å². The van der Waals surface area contributed by atoms with E-state index < -0.39 is 0 Å². The van der Waals surface area contributed by atoms with E-state index in [2.05, 4.69) is 44.5 Å². The Morgan fingerprint density at radius 2 is 2.17 bits per heavy atom. The maximum absolute atomic E-state index is 12.3. The number of amides is 1. The molecule has 3 nitrogen and oxygen atoms in total. The molecule has 0 aliphatic rings. The second kappa shape index (κ2) is 7.54. The normalized spacial score (nSPS) is 12.7. The van der Waals surface area contributed by atoms with Crippen molar-refractivity contribution < 1.29 is 4.79 Å². The van der Waals surface area contributed by atoms with Gasteiger partial charge < -0.3 is 10.2 Å². The predicted octanol–water partition coefficient (Wildman–Crippen LogP) is 2.87. The molecule has 1 aromatic rings. The molecular formula is C14H24N2OS. The van der Waals surface area contributed by atoms with Crippen LogP contribution in [0.15, 0.2) is 17.5 Å². The van der Waals surface area contributed by atoms with Crippen LogP contribution >= 0.6 is 11.3 Å². The second-order valence-corrected chi connectivity index (χ2v) is 5.89. The van der Waals surface area contributed by atoms with Crippen LogP contribution < -0.4 is 5.32 Å². The van der Waals surface area contributed by atoms with E-state index in [9.17, 15) is 4.79 Å². The average Bonchev–Trinajstić information content (AvgIpc) is 2.78. The van der Waals surface area contributed by atoms with Gasteiger partial charge in [0.15, 0.2) is 0 Å². The summed E-state index contributed by atoms with van der Waals surface area (Å²) < 4.78 is 0. The summed E-state index contributed by atoms with van der Waals surface area (Å²) in [6.45, 7) is 9.90. The van der Waals surface area contributed by atoms with Crippen LogP contribution in [0.5, 0.6) is 0 Å². The number of carbonyl (C=O) groups excluding carboxylic acids is 1. The van der Waals surface area contributed by atoms with E-state index >= 15 is 0 Å². The van der Waals surface area contributed by atoms with Gasteiger partial charge in [0.1, 0.15) is 0 Å². The molecule has 0 bridgehead atoms. The Labute approximate surface area is 114 Å². The van der Waals surface area contributed by atoms with E-state index in [0.29, 0.717) is 6.42 Å². The summed E-state index contributed by atoms with van der Waals surface area (Å²) in [4.78, 5) is 15.5. The van der Waals surface area contributed by atoms with Crippen LogP contribution in [0.3, 0.4) is 0 Å². The fraction of sp³-hybridized carbons (Fsp3) is 0.643. The Morgan fingerprint density at radius 3 is 2.67 bits per heavy atom. The molecule has 18 heavy (non-hydrogen) atoms. The second-order valence-electron chi connectivity index (χ2n) is 4.86. The zero-order chi connectivity index (χ0) is 13.5. The van der Waals surface area contributed by atoms with Crippen LogP contribution in [0.25, 0.3) is 0 Å². The topological polar surface area (TPSA) is 32.3 Å². The Kier molecular flexibility index (Phi) is 6.36. The van der Waals surface area contributed by atoms with Crippen molar-refractivity contribution in [1.82, 2.24) is 10.2 Å². The minimum Gasteiger partial charge on any atom is -0.335 e. The van der Waals surface area contributed by atoms with Crippen LogP contribution in [0.1, 0.15) is 39.0 Å². The minimum atomic E-state index is 0.229. The van der Waals surface area contributed by atoms with Crippen molar-refractivity contribution in [3.63, 3.8) is 0 Å². The summed E-state index contributed by atoms with van der Waals surface area (Å²) in [5, 5.41) is 5.34.